The van der Waals surface area contributed by atoms with E-state index in [4.69, 9.17) is 9.52 Å². The number of hydrogen-bond acceptors (Lipinski definition) is 4. The maximum atomic E-state index is 5.32. The summed E-state index contributed by atoms with van der Waals surface area (Å²) in [5.41, 5.74) is 3.54. The zero-order valence-corrected chi connectivity index (χ0v) is 20.3. The molecule has 1 aliphatic heterocycles. The number of aliphatic imine (C=N–C) groups is 1. The molecule has 2 aromatic rings. The highest BCUT2D eigenvalue weighted by Crippen LogP contribution is 2.23. The molecule has 0 radical (unpaired) electrons. The molecule has 6 nitrogen and oxygen atoms in total. The van der Waals surface area contributed by atoms with Gasteiger partial charge in [0, 0.05) is 57.3 Å². The highest BCUT2D eigenvalue weighted by Gasteiger charge is 2.21. The molecule has 1 N–H and O–H groups in total. The summed E-state index contributed by atoms with van der Waals surface area (Å²) in [6.07, 6.45) is 0. The van der Waals surface area contributed by atoms with Crippen LogP contribution in [0.15, 0.2) is 39.8 Å². The van der Waals surface area contributed by atoms with Gasteiger partial charge in [0.25, 0.3) is 0 Å². The first-order chi connectivity index (χ1) is 13.6. The van der Waals surface area contributed by atoms with Crippen LogP contribution in [0.5, 0.6) is 0 Å². The van der Waals surface area contributed by atoms with Crippen LogP contribution in [0.1, 0.15) is 42.3 Å². The van der Waals surface area contributed by atoms with Crippen molar-refractivity contribution in [2.45, 2.75) is 40.2 Å². The second-order valence-corrected chi connectivity index (χ2v) is 7.58. The summed E-state index contributed by atoms with van der Waals surface area (Å²) in [5.74, 6) is 2.21. The Labute approximate surface area is 191 Å². The molecule has 1 atom stereocenters. The monoisotopic (exact) mass is 511 g/mol. The molecule has 1 saturated heterocycles. The average Bonchev–Trinajstić information content (AvgIpc) is 3.05. The minimum atomic E-state index is 0. The molecule has 1 aliphatic rings. The Kier molecular flexibility index (Phi) is 9.42. The molecule has 0 aliphatic carbocycles. The van der Waals surface area contributed by atoms with E-state index in [1.54, 1.807) is 0 Å². The van der Waals surface area contributed by atoms with Crippen molar-refractivity contribution in [1.82, 2.24) is 20.3 Å². The summed E-state index contributed by atoms with van der Waals surface area (Å²) in [7, 11) is 0. The maximum absolute atomic E-state index is 5.32. The van der Waals surface area contributed by atoms with Crippen molar-refractivity contribution in [3.8, 4) is 0 Å². The quantitative estimate of drug-likeness (QED) is 0.364. The second-order valence-electron chi connectivity index (χ2n) is 7.58. The average molecular weight is 511 g/mol. The van der Waals surface area contributed by atoms with Crippen molar-refractivity contribution in [1.29, 1.82) is 0 Å². The molecule has 0 bridgehead atoms. The van der Waals surface area contributed by atoms with Gasteiger partial charge in [0.1, 0.15) is 5.76 Å². The molecule has 1 aromatic carbocycles. The minimum Gasteiger partial charge on any atom is -0.361 e. The topological polar surface area (TPSA) is 56.9 Å². The number of benzene rings is 1. The Balaban J connectivity index is 0.00000300. The van der Waals surface area contributed by atoms with E-state index in [1.807, 2.05) is 13.8 Å². The molecule has 1 fully saturated rings. The third kappa shape index (κ3) is 6.44. The van der Waals surface area contributed by atoms with Gasteiger partial charge in [-0.15, -0.1) is 24.0 Å². The van der Waals surface area contributed by atoms with Crippen LogP contribution in [0.25, 0.3) is 0 Å². The third-order valence-electron chi connectivity index (χ3n) is 5.35. The fourth-order valence-corrected chi connectivity index (χ4v) is 3.89. The molecule has 3 rings (SSSR count). The molecular formula is C22H34IN5O. The fraction of sp³-hybridized carbons (Fsp3) is 0.545. The minimum absolute atomic E-state index is 0. The number of nitrogens with one attached hydrogen (secondary N) is 1. The van der Waals surface area contributed by atoms with E-state index in [2.05, 4.69) is 64.5 Å². The van der Waals surface area contributed by atoms with Crippen molar-refractivity contribution in [3.05, 3.63) is 52.9 Å². The zero-order chi connectivity index (χ0) is 19.9. The number of aryl methyl sites for hydroxylation is 2. The molecule has 2 heterocycles. The Morgan fingerprint density at radius 1 is 1.17 bits per heavy atom. The lowest BCUT2D eigenvalue weighted by Gasteiger charge is -2.36. The molecule has 0 saturated carbocycles. The van der Waals surface area contributed by atoms with E-state index < -0.39 is 0 Å². The molecule has 0 amide bonds. The van der Waals surface area contributed by atoms with Crippen LogP contribution in [0.3, 0.4) is 0 Å². The van der Waals surface area contributed by atoms with Crippen molar-refractivity contribution < 1.29 is 4.52 Å². The van der Waals surface area contributed by atoms with Crippen molar-refractivity contribution in [3.63, 3.8) is 0 Å². The largest absolute Gasteiger partial charge is 0.361 e. The summed E-state index contributed by atoms with van der Waals surface area (Å²) in [6.45, 7) is 15.0. The van der Waals surface area contributed by atoms with Gasteiger partial charge in [0.05, 0.1) is 5.69 Å². The predicted molar refractivity (Wildman–Crippen MR) is 129 cm³/mol. The predicted octanol–water partition coefficient (Wildman–Crippen LogP) is 3.80. The van der Waals surface area contributed by atoms with Gasteiger partial charge in [-0.25, -0.2) is 0 Å². The number of halogens is 1. The van der Waals surface area contributed by atoms with Crippen LogP contribution in [0.4, 0.5) is 0 Å². The van der Waals surface area contributed by atoms with Crippen LogP contribution in [-0.4, -0.2) is 60.2 Å². The normalized spacial score (nSPS) is 16.4. The van der Waals surface area contributed by atoms with E-state index in [0.717, 1.165) is 63.2 Å². The smallest absolute Gasteiger partial charge is 0.194 e. The standard InChI is InChI=1S/C22H33N5O.HI/c1-5-23-22(24-15-17(2)21-18(3)25-28-19(21)4)27-13-11-26(12-14-27)16-20-9-7-6-8-10-20;/h6-10,17H,5,11-16H2,1-4H3,(H,23,24);1H. The molecule has 160 valence electrons. The summed E-state index contributed by atoms with van der Waals surface area (Å²) in [4.78, 5) is 9.82. The van der Waals surface area contributed by atoms with E-state index in [9.17, 15) is 0 Å². The van der Waals surface area contributed by atoms with E-state index in [-0.39, 0.29) is 24.0 Å². The Morgan fingerprint density at radius 2 is 1.86 bits per heavy atom. The number of guanidine groups is 1. The Hall–Kier alpha value is -1.61. The second kappa shape index (κ2) is 11.5. The summed E-state index contributed by atoms with van der Waals surface area (Å²) < 4.78 is 5.32. The van der Waals surface area contributed by atoms with Gasteiger partial charge < -0.3 is 14.7 Å². The highest BCUT2D eigenvalue weighted by atomic mass is 127. The molecule has 0 spiro atoms. The van der Waals surface area contributed by atoms with E-state index in [1.165, 1.54) is 11.1 Å². The number of rotatable bonds is 6. The molecule has 1 unspecified atom stereocenters. The lowest BCUT2D eigenvalue weighted by atomic mass is 10.00. The SMILES string of the molecule is CCNC(=NCC(C)c1c(C)noc1C)N1CCN(Cc2ccccc2)CC1.I. The molecular weight excluding hydrogens is 477 g/mol. The zero-order valence-electron chi connectivity index (χ0n) is 18.0. The first-order valence-electron chi connectivity index (χ1n) is 10.3. The maximum Gasteiger partial charge on any atom is 0.194 e. The van der Waals surface area contributed by atoms with Crippen LogP contribution in [0.2, 0.25) is 0 Å². The molecule has 7 heteroatoms. The van der Waals surface area contributed by atoms with Crippen molar-refractivity contribution in [2.75, 3.05) is 39.3 Å². The van der Waals surface area contributed by atoms with Crippen LogP contribution in [-0.2, 0) is 6.54 Å². The van der Waals surface area contributed by atoms with Gasteiger partial charge in [-0.1, -0.05) is 42.4 Å². The Bertz CT molecular complexity index is 749. The van der Waals surface area contributed by atoms with Crippen LogP contribution >= 0.6 is 24.0 Å². The van der Waals surface area contributed by atoms with Crippen LogP contribution in [0, 0.1) is 13.8 Å². The lowest BCUT2D eigenvalue weighted by molar-refractivity contribution is 0.172. The van der Waals surface area contributed by atoms with Gasteiger partial charge in [0.2, 0.25) is 0 Å². The van der Waals surface area contributed by atoms with Crippen LogP contribution < -0.4 is 5.32 Å². The summed E-state index contributed by atoms with van der Waals surface area (Å²) in [5, 5.41) is 7.54. The third-order valence-corrected chi connectivity index (χ3v) is 5.35. The number of hydrogen-bond donors (Lipinski definition) is 1. The van der Waals surface area contributed by atoms with Gasteiger partial charge in [-0.3, -0.25) is 9.89 Å². The van der Waals surface area contributed by atoms with Gasteiger partial charge in [-0.2, -0.15) is 0 Å². The molecule has 1 aromatic heterocycles. The van der Waals surface area contributed by atoms with Crippen molar-refractivity contribution >= 4 is 29.9 Å². The summed E-state index contributed by atoms with van der Waals surface area (Å²) >= 11 is 0. The van der Waals surface area contributed by atoms with E-state index >= 15 is 0 Å². The number of piperazine rings is 1. The number of aromatic nitrogens is 1. The lowest BCUT2D eigenvalue weighted by Crippen LogP contribution is -2.52. The summed E-state index contributed by atoms with van der Waals surface area (Å²) in [6, 6.07) is 10.7. The van der Waals surface area contributed by atoms with E-state index in [0.29, 0.717) is 5.92 Å². The van der Waals surface area contributed by atoms with Gasteiger partial charge in [-0.05, 0) is 26.3 Å². The first kappa shape index (κ1) is 23.7. The molecule has 29 heavy (non-hydrogen) atoms. The van der Waals surface area contributed by atoms with Gasteiger partial charge in [0.15, 0.2) is 5.96 Å². The number of nitrogens with zero attached hydrogens (tertiary/aromatic N) is 4. The van der Waals surface area contributed by atoms with Crippen molar-refractivity contribution in [2.24, 2.45) is 4.99 Å². The first-order valence-corrected chi connectivity index (χ1v) is 10.3. The highest BCUT2D eigenvalue weighted by molar-refractivity contribution is 14.0. The Morgan fingerprint density at radius 3 is 2.45 bits per heavy atom. The fourth-order valence-electron chi connectivity index (χ4n) is 3.89. The van der Waals surface area contributed by atoms with Gasteiger partial charge >= 0.3 is 0 Å².